The summed E-state index contributed by atoms with van der Waals surface area (Å²) in [6.07, 6.45) is 1.64. The maximum Gasteiger partial charge on any atom is 0.248 e. The van der Waals surface area contributed by atoms with E-state index in [4.69, 9.17) is 9.47 Å². The first-order chi connectivity index (χ1) is 20.0. The molecule has 3 heterocycles. The molecule has 3 saturated heterocycles. The van der Waals surface area contributed by atoms with Crippen molar-refractivity contribution in [3.63, 3.8) is 0 Å². The summed E-state index contributed by atoms with van der Waals surface area (Å²) in [7, 11) is -0.0271. The van der Waals surface area contributed by atoms with Gasteiger partial charge in [-0.15, -0.1) is 0 Å². The number of hydrogen-bond acceptors (Lipinski definition) is 7. The van der Waals surface area contributed by atoms with E-state index in [1.807, 2.05) is 11.0 Å². The fourth-order valence-electron chi connectivity index (χ4n) is 6.82. The van der Waals surface area contributed by atoms with Crippen LogP contribution in [0.1, 0.15) is 36.0 Å². The lowest BCUT2D eigenvalue weighted by atomic mass is 9.78. The number of carbonyl (C=O) groups excluding carboxylic acids is 1. The highest BCUT2D eigenvalue weighted by Crippen LogP contribution is 2.40. The van der Waals surface area contributed by atoms with E-state index in [1.165, 1.54) is 10.4 Å². The van der Waals surface area contributed by atoms with Crippen molar-refractivity contribution in [2.45, 2.75) is 49.6 Å². The summed E-state index contributed by atoms with van der Waals surface area (Å²) < 4.78 is 54.0. The summed E-state index contributed by atoms with van der Waals surface area (Å²) in [6, 6.07) is 10.4. The zero-order chi connectivity index (χ0) is 30.1. The maximum atomic E-state index is 14.3. The Morgan fingerprint density at radius 2 is 1.67 bits per heavy atom. The van der Waals surface area contributed by atoms with E-state index in [9.17, 15) is 17.6 Å². The number of hydrogen-bond donors (Lipinski definition) is 0. The fourth-order valence-corrected chi connectivity index (χ4v) is 8.72. The summed E-state index contributed by atoms with van der Waals surface area (Å²) in [5.41, 5.74) is 1.95. The first-order valence-corrected chi connectivity index (χ1v) is 16.2. The fraction of sp³-hybridized carbons (Fsp3) is 0.581. The Morgan fingerprint density at radius 3 is 2.29 bits per heavy atom. The lowest BCUT2D eigenvalue weighted by molar-refractivity contribution is -0.141. The zero-order valence-corrected chi connectivity index (χ0v) is 26.0. The molecular weight excluding hydrogens is 559 g/mol. The zero-order valence-electron chi connectivity index (χ0n) is 25.1. The Kier molecular flexibility index (Phi) is 9.24. The third kappa shape index (κ3) is 6.21. The molecule has 9 nitrogen and oxygen atoms in total. The third-order valence-electron chi connectivity index (χ3n) is 9.23. The van der Waals surface area contributed by atoms with Crippen LogP contribution in [0.4, 0.5) is 4.39 Å². The number of aryl methyl sites for hydroxylation is 2. The molecule has 0 aromatic heterocycles. The molecule has 2 aromatic carbocycles. The van der Waals surface area contributed by atoms with Crippen LogP contribution in [0.5, 0.6) is 5.75 Å². The number of likely N-dealkylation sites (N-methyl/N-ethyl adjacent to an activating group) is 1. The van der Waals surface area contributed by atoms with Gasteiger partial charge in [-0.05, 0) is 81.1 Å². The highest BCUT2D eigenvalue weighted by atomic mass is 32.2. The van der Waals surface area contributed by atoms with Gasteiger partial charge in [-0.2, -0.15) is 4.31 Å². The van der Waals surface area contributed by atoms with Crippen LogP contribution in [-0.2, 0) is 25.1 Å². The number of piperazine rings is 1. The first-order valence-electron chi connectivity index (χ1n) is 14.8. The Hall–Kier alpha value is -2.57. The van der Waals surface area contributed by atoms with Crippen molar-refractivity contribution in [2.75, 3.05) is 73.1 Å². The van der Waals surface area contributed by atoms with Gasteiger partial charge in [0.25, 0.3) is 0 Å². The van der Waals surface area contributed by atoms with Crippen LogP contribution in [0.25, 0.3) is 0 Å². The summed E-state index contributed by atoms with van der Waals surface area (Å²) in [6.45, 7) is 8.87. The Morgan fingerprint density at radius 1 is 1.00 bits per heavy atom. The van der Waals surface area contributed by atoms with Crippen LogP contribution in [0.2, 0.25) is 0 Å². The molecule has 0 N–H and O–H groups in total. The van der Waals surface area contributed by atoms with Gasteiger partial charge in [0.2, 0.25) is 15.9 Å². The molecule has 1 amide bonds. The van der Waals surface area contributed by atoms with Gasteiger partial charge < -0.3 is 19.3 Å². The van der Waals surface area contributed by atoms with Crippen molar-refractivity contribution >= 4 is 15.9 Å². The largest absolute Gasteiger partial charge is 0.497 e. The molecule has 5 rings (SSSR count). The van der Waals surface area contributed by atoms with E-state index in [0.29, 0.717) is 47.8 Å². The topological polar surface area (TPSA) is 82.6 Å². The molecule has 0 saturated carbocycles. The lowest BCUT2D eigenvalue weighted by Crippen LogP contribution is -2.59. The molecule has 11 heteroatoms. The van der Waals surface area contributed by atoms with Crippen LogP contribution in [0.3, 0.4) is 0 Å². The average Bonchev–Trinajstić information content (AvgIpc) is 3.46. The highest BCUT2D eigenvalue weighted by Gasteiger charge is 2.43. The lowest BCUT2D eigenvalue weighted by Gasteiger charge is -2.51. The molecule has 3 aliphatic rings. The number of carbonyl (C=O) groups is 1. The molecule has 3 aliphatic heterocycles. The van der Waals surface area contributed by atoms with Gasteiger partial charge in [0.05, 0.1) is 18.1 Å². The van der Waals surface area contributed by atoms with E-state index in [-0.39, 0.29) is 36.5 Å². The number of benzene rings is 2. The second-order valence-electron chi connectivity index (χ2n) is 11.9. The number of sulfonamides is 1. The predicted octanol–water partition coefficient (Wildman–Crippen LogP) is 3.00. The molecule has 0 spiro atoms. The maximum absolute atomic E-state index is 14.3. The Bertz CT molecular complexity index is 1360. The second-order valence-corrected chi connectivity index (χ2v) is 13.8. The van der Waals surface area contributed by atoms with Gasteiger partial charge in [-0.3, -0.25) is 9.69 Å². The molecule has 2 aromatic rings. The molecule has 1 unspecified atom stereocenters. The average molecular weight is 603 g/mol. The number of halogens is 1. The van der Waals surface area contributed by atoms with Crippen LogP contribution in [0, 0.1) is 19.7 Å². The number of ether oxygens (including phenoxy) is 2. The summed E-state index contributed by atoms with van der Waals surface area (Å²) in [4.78, 5) is 20.1. The minimum absolute atomic E-state index is 0.0827. The quantitative estimate of drug-likeness (QED) is 0.460. The Balaban J connectivity index is 1.18. The Labute approximate surface area is 249 Å². The molecule has 0 radical (unpaired) electrons. The molecular formula is C31H43FN4O5S. The van der Waals surface area contributed by atoms with Crippen LogP contribution in [-0.4, -0.2) is 113 Å². The van der Waals surface area contributed by atoms with Crippen molar-refractivity contribution in [3.05, 3.63) is 58.9 Å². The van der Waals surface area contributed by atoms with E-state index < -0.39 is 10.0 Å². The molecule has 42 heavy (non-hydrogen) atoms. The van der Waals surface area contributed by atoms with E-state index >= 15 is 0 Å². The van der Waals surface area contributed by atoms with Gasteiger partial charge in [0.1, 0.15) is 18.2 Å². The van der Waals surface area contributed by atoms with Gasteiger partial charge in [0, 0.05) is 57.9 Å². The number of amides is 1. The molecule has 0 bridgehead atoms. The highest BCUT2D eigenvalue weighted by molar-refractivity contribution is 7.89. The predicted molar refractivity (Wildman–Crippen MR) is 159 cm³/mol. The number of methoxy groups -OCH3 is 1. The summed E-state index contributed by atoms with van der Waals surface area (Å²) in [5, 5.41) is 0. The second kappa shape index (κ2) is 12.6. The van der Waals surface area contributed by atoms with Gasteiger partial charge in [-0.25, -0.2) is 12.8 Å². The molecule has 1 atom stereocenters. The van der Waals surface area contributed by atoms with Crippen molar-refractivity contribution in [1.29, 1.82) is 0 Å². The normalized spacial score (nSPS) is 22.4. The van der Waals surface area contributed by atoms with E-state index in [1.54, 1.807) is 45.2 Å². The molecule has 0 aliphatic carbocycles. The van der Waals surface area contributed by atoms with Gasteiger partial charge in [0.15, 0.2) is 0 Å². The van der Waals surface area contributed by atoms with Gasteiger partial charge >= 0.3 is 0 Å². The van der Waals surface area contributed by atoms with Crippen molar-refractivity contribution in [1.82, 2.24) is 19.0 Å². The monoisotopic (exact) mass is 602 g/mol. The molecule has 230 valence electrons. The number of nitrogens with zero attached hydrogens (tertiary/aromatic N) is 4. The summed E-state index contributed by atoms with van der Waals surface area (Å²) in [5.74, 6) is 0.293. The standard InChI is InChI=1S/C31H43FN4O5S/c1-23-18-28(40-4)19-24(2)30(23)42(38,39)36-11-8-27(21-36)41-22-29(37)34-12-9-31(10-13-34,25-6-5-7-26(32)20-25)35-16-14-33(3)15-17-35/h5-7,18-20,27H,8-17,21-22H2,1-4H3. The van der Waals surface area contributed by atoms with Crippen LogP contribution in [0.15, 0.2) is 41.3 Å². The number of piperidine rings is 1. The number of rotatable bonds is 8. The number of likely N-dealkylation sites (tertiary alicyclic amines) is 1. The summed E-state index contributed by atoms with van der Waals surface area (Å²) >= 11 is 0. The molecule has 3 fully saturated rings. The van der Waals surface area contributed by atoms with E-state index in [0.717, 1.165) is 44.6 Å². The third-order valence-corrected chi connectivity index (χ3v) is 11.4. The smallest absolute Gasteiger partial charge is 0.248 e. The minimum atomic E-state index is -3.71. The SMILES string of the molecule is COc1cc(C)c(S(=O)(=O)N2CCC(OCC(=O)N3CCC(c4cccc(F)c4)(N4CCN(C)CC4)CC3)C2)c(C)c1. The van der Waals surface area contributed by atoms with Crippen molar-refractivity contribution in [3.8, 4) is 5.75 Å². The van der Waals surface area contributed by atoms with Crippen molar-refractivity contribution < 1.29 is 27.1 Å². The van der Waals surface area contributed by atoms with Crippen molar-refractivity contribution in [2.24, 2.45) is 0 Å². The van der Waals surface area contributed by atoms with Gasteiger partial charge in [-0.1, -0.05) is 12.1 Å². The first kappa shape index (κ1) is 30.9. The van der Waals surface area contributed by atoms with E-state index in [2.05, 4.69) is 16.8 Å². The van der Waals surface area contributed by atoms with Crippen LogP contribution >= 0.6 is 0 Å². The minimum Gasteiger partial charge on any atom is -0.497 e. The van der Waals surface area contributed by atoms with Crippen LogP contribution < -0.4 is 4.74 Å².